The van der Waals surface area contributed by atoms with E-state index in [0.717, 1.165) is 42.6 Å². The van der Waals surface area contributed by atoms with Crippen LogP contribution in [0.25, 0.3) is 5.65 Å². The number of imidazole rings is 1. The van der Waals surface area contributed by atoms with Crippen molar-refractivity contribution in [1.29, 1.82) is 0 Å². The lowest BCUT2D eigenvalue weighted by molar-refractivity contribution is -0.139. The van der Waals surface area contributed by atoms with Gasteiger partial charge in [0.1, 0.15) is 11.7 Å². The molecule has 2 atom stereocenters. The maximum absolute atomic E-state index is 13.7. The second kappa shape index (κ2) is 8.16. The van der Waals surface area contributed by atoms with Crippen LogP contribution in [0.15, 0.2) is 12.3 Å². The molecule has 11 heteroatoms. The van der Waals surface area contributed by atoms with Crippen molar-refractivity contribution >= 4 is 29.1 Å². The van der Waals surface area contributed by atoms with E-state index in [9.17, 15) is 27.9 Å². The van der Waals surface area contributed by atoms with Gasteiger partial charge in [0.05, 0.1) is 11.7 Å². The van der Waals surface area contributed by atoms with Gasteiger partial charge in [0.2, 0.25) is 5.91 Å². The number of hydrogen-bond donors (Lipinski definition) is 1. The van der Waals surface area contributed by atoms with Crippen molar-refractivity contribution in [3.05, 3.63) is 34.2 Å². The highest BCUT2D eigenvalue weighted by molar-refractivity contribution is 6.33. The van der Waals surface area contributed by atoms with Crippen molar-refractivity contribution in [2.45, 2.75) is 62.8 Å². The molecule has 7 nitrogen and oxygen atoms in total. The SMILES string of the molecule is O=C(c1nc2c(C(F)(F)F)cc(C3CC3)cn2c1Cl)N1CCN(C2CCCC(O)C2)C(=O)C1. The summed E-state index contributed by atoms with van der Waals surface area (Å²) in [5.74, 6) is -0.862. The third-order valence-corrected chi connectivity index (χ3v) is 7.20. The molecular weight excluding hydrogens is 461 g/mol. The summed E-state index contributed by atoms with van der Waals surface area (Å²) < 4.78 is 42.3. The van der Waals surface area contributed by atoms with Crippen molar-refractivity contribution in [3.63, 3.8) is 0 Å². The van der Waals surface area contributed by atoms with Gasteiger partial charge in [-0.15, -0.1) is 0 Å². The number of halogens is 4. The summed E-state index contributed by atoms with van der Waals surface area (Å²) in [6, 6.07) is 1.03. The normalized spacial score (nSPS) is 24.6. The lowest BCUT2D eigenvalue weighted by atomic mass is 9.91. The molecule has 2 aromatic heterocycles. The minimum atomic E-state index is -4.65. The molecule has 178 valence electrons. The molecule has 1 N–H and O–H groups in total. The molecule has 0 radical (unpaired) electrons. The van der Waals surface area contributed by atoms with Gasteiger partial charge in [0, 0.05) is 25.3 Å². The van der Waals surface area contributed by atoms with Gasteiger partial charge < -0.3 is 14.9 Å². The Morgan fingerprint density at radius 2 is 1.94 bits per heavy atom. The predicted molar refractivity (Wildman–Crippen MR) is 113 cm³/mol. The fourth-order valence-electron chi connectivity index (χ4n) is 4.94. The molecule has 3 fully saturated rings. The van der Waals surface area contributed by atoms with Crippen LogP contribution >= 0.6 is 11.6 Å². The van der Waals surface area contributed by atoms with E-state index in [0.29, 0.717) is 18.5 Å². The van der Waals surface area contributed by atoms with Gasteiger partial charge in [-0.2, -0.15) is 13.2 Å². The van der Waals surface area contributed by atoms with E-state index in [2.05, 4.69) is 4.98 Å². The van der Waals surface area contributed by atoms with E-state index in [1.54, 1.807) is 4.90 Å². The number of aliphatic hydroxyl groups is 1. The number of aliphatic hydroxyl groups excluding tert-OH is 1. The smallest absolute Gasteiger partial charge is 0.393 e. The predicted octanol–water partition coefficient (Wildman–Crippen LogP) is 3.47. The topological polar surface area (TPSA) is 78.2 Å². The first kappa shape index (κ1) is 22.5. The van der Waals surface area contributed by atoms with Gasteiger partial charge in [-0.3, -0.25) is 14.0 Å². The number of piperazine rings is 1. The summed E-state index contributed by atoms with van der Waals surface area (Å²) in [5.41, 5.74) is -1.11. The van der Waals surface area contributed by atoms with Crippen molar-refractivity contribution in [2.24, 2.45) is 0 Å². The second-order valence-electron chi connectivity index (χ2n) is 9.19. The quantitative estimate of drug-likeness (QED) is 0.723. The Morgan fingerprint density at radius 3 is 2.58 bits per heavy atom. The van der Waals surface area contributed by atoms with Gasteiger partial charge >= 0.3 is 6.18 Å². The number of hydrogen-bond acceptors (Lipinski definition) is 4. The standard InChI is InChI=1S/C22H24ClF3N4O3/c23-19-18(27-20-16(22(24,25)26)8-13(10-30(19)20)12-4-5-12)21(33)28-6-7-29(17(32)11-28)14-2-1-3-15(31)9-14/h8,10,12,14-15,31H,1-7,9,11H2. The number of alkyl halides is 3. The van der Waals surface area contributed by atoms with Crippen LogP contribution in [0.3, 0.4) is 0 Å². The molecule has 0 aromatic carbocycles. The van der Waals surface area contributed by atoms with Crippen molar-refractivity contribution < 1.29 is 27.9 Å². The molecule has 2 aromatic rings. The summed E-state index contributed by atoms with van der Waals surface area (Å²) in [6.07, 6.45) is 0.934. The Hall–Kier alpha value is -2.33. The van der Waals surface area contributed by atoms with Gasteiger partial charge in [-0.05, 0) is 56.1 Å². The van der Waals surface area contributed by atoms with Gasteiger partial charge in [-0.1, -0.05) is 11.6 Å². The fraction of sp³-hybridized carbons (Fsp3) is 0.591. The number of rotatable bonds is 3. The number of carbonyl (C=O) groups is 2. The van der Waals surface area contributed by atoms with E-state index >= 15 is 0 Å². The Labute approximate surface area is 193 Å². The van der Waals surface area contributed by atoms with Crippen LogP contribution in [-0.4, -0.2) is 67.9 Å². The molecule has 0 bridgehead atoms. The van der Waals surface area contributed by atoms with Crippen molar-refractivity contribution in [2.75, 3.05) is 19.6 Å². The Bertz CT molecular complexity index is 1110. The largest absolute Gasteiger partial charge is 0.419 e. The zero-order valence-corrected chi connectivity index (χ0v) is 18.6. The van der Waals surface area contributed by atoms with Crippen LogP contribution in [0.5, 0.6) is 0 Å². The molecule has 2 amide bonds. The highest BCUT2D eigenvalue weighted by Crippen LogP contribution is 2.43. The summed E-state index contributed by atoms with van der Waals surface area (Å²) in [7, 11) is 0. The molecule has 1 saturated heterocycles. The molecule has 2 saturated carbocycles. The molecule has 3 heterocycles. The molecule has 1 aliphatic heterocycles. The Kier molecular flexibility index (Phi) is 5.55. The first-order chi connectivity index (χ1) is 15.6. The van der Waals surface area contributed by atoms with Crippen LogP contribution in [-0.2, 0) is 11.0 Å². The highest BCUT2D eigenvalue weighted by atomic mass is 35.5. The number of nitrogens with zero attached hydrogens (tertiary/aromatic N) is 4. The Morgan fingerprint density at radius 1 is 1.18 bits per heavy atom. The molecule has 0 spiro atoms. The summed E-state index contributed by atoms with van der Waals surface area (Å²) in [4.78, 5) is 32.8. The second-order valence-corrected chi connectivity index (χ2v) is 9.55. The minimum Gasteiger partial charge on any atom is -0.393 e. The fourth-order valence-corrected chi connectivity index (χ4v) is 5.19. The van der Waals surface area contributed by atoms with Crippen LogP contribution in [0.2, 0.25) is 5.15 Å². The number of amides is 2. The maximum atomic E-state index is 13.7. The van der Waals surface area contributed by atoms with Crippen LogP contribution in [0, 0.1) is 0 Å². The summed E-state index contributed by atoms with van der Waals surface area (Å²) in [6.45, 7) is 0.322. The van der Waals surface area contributed by atoms with Crippen LogP contribution < -0.4 is 0 Å². The van der Waals surface area contributed by atoms with E-state index in [1.807, 2.05) is 0 Å². The average molecular weight is 485 g/mol. The molecule has 2 aliphatic carbocycles. The minimum absolute atomic E-state index is 0.0529. The number of aromatic nitrogens is 2. The monoisotopic (exact) mass is 484 g/mol. The maximum Gasteiger partial charge on any atom is 0.419 e. The first-order valence-corrected chi connectivity index (χ1v) is 11.6. The number of pyridine rings is 1. The average Bonchev–Trinajstić information content (AvgIpc) is 3.56. The van der Waals surface area contributed by atoms with Crippen LogP contribution in [0.1, 0.15) is 66.1 Å². The summed E-state index contributed by atoms with van der Waals surface area (Å²) >= 11 is 6.36. The van der Waals surface area contributed by atoms with E-state index in [-0.39, 0.29) is 41.8 Å². The zero-order chi connectivity index (χ0) is 23.5. The third kappa shape index (κ3) is 4.19. The van der Waals surface area contributed by atoms with E-state index in [4.69, 9.17) is 11.6 Å². The molecule has 3 aliphatic rings. The molecule has 5 rings (SSSR count). The van der Waals surface area contributed by atoms with Gasteiger partial charge in [0.25, 0.3) is 5.91 Å². The van der Waals surface area contributed by atoms with E-state index < -0.39 is 29.4 Å². The Balaban J connectivity index is 1.41. The number of fused-ring (bicyclic) bond motifs is 1. The van der Waals surface area contributed by atoms with Gasteiger partial charge in [0.15, 0.2) is 11.3 Å². The number of carbonyl (C=O) groups excluding carboxylic acids is 2. The van der Waals surface area contributed by atoms with Crippen molar-refractivity contribution in [3.8, 4) is 0 Å². The highest BCUT2D eigenvalue weighted by Gasteiger charge is 2.39. The first-order valence-electron chi connectivity index (χ1n) is 11.2. The molecule has 2 unspecified atom stereocenters. The van der Waals surface area contributed by atoms with Gasteiger partial charge in [-0.25, -0.2) is 4.98 Å². The zero-order valence-electron chi connectivity index (χ0n) is 17.8. The van der Waals surface area contributed by atoms with Crippen LogP contribution in [0.4, 0.5) is 13.2 Å². The molecular formula is C22H24ClF3N4O3. The lowest BCUT2D eigenvalue weighted by Crippen LogP contribution is -2.56. The summed E-state index contributed by atoms with van der Waals surface area (Å²) in [5, 5.41) is 9.73. The molecule has 33 heavy (non-hydrogen) atoms. The van der Waals surface area contributed by atoms with Crippen molar-refractivity contribution in [1.82, 2.24) is 19.2 Å². The third-order valence-electron chi connectivity index (χ3n) is 6.84. The van der Waals surface area contributed by atoms with E-state index in [1.165, 1.54) is 11.1 Å². The lowest BCUT2D eigenvalue weighted by Gasteiger charge is -2.41.